The molecule has 13 heteroatoms. The van der Waals surface area contributed by atoms with Gasteiger partial charge in [-0.05, 0) is 29.2 Å². The van der Waals surface area contributed by atoms with Crippen molar-refractivity contribution in [2.45, 2.75) is 93.9 Å². The number of hydrogen-bond acceptors (Lipinski definition) is 12. The van der Waals surface area contributed by atoms with Crippen LogP contribution in [0, 0.1) is 0 Å². The topological polar surface area (TPSA) is 148 Å². The van der Waals surface area contributed by atoms with Gasteiger partial charge in [-0.15, -0.1) is 0 Å². The fraction of sp³-hybridized carbons (Fsp3) is 0.415. The van der Waals surface area contributed by atoms with E-state index in [0.29, 0.717) is 5.56 Å². The summed E-state index contributed by atoms with van der Waals surface area (Å²) in [4.78, 5) is 0. The summed E-state index contributed by atoms with van der Waals surface area (Å²) in [7, 11) is -2.82. The van der Waals surface area contributed by atoms with Crippen molar-refractivity contribution >= 4 is 10.1 Å². The second kappa shape index (κ2) is 19.3. The maximum Gasteiger partial charge on any atom is 0.272 e. The van der Waals surface area contributed by atoms with E-state index in [4.69, 9.17) is 37.3 Å². The molecular weight excluding hydrogens is 717 g/mol. The molecule has 4 aromatic carbocycles. The fourth-order valence-electron chi connectivity index (χ4n) is 6.48. The number of aliphatic hydroxyl groups is 2. The Morgan fingerprint density at radius 1 is 0.593 bits per heavy atom. The van der Waals surface area contributed by atoms with Gasteiger partial charge in [-0.3, -0.25) is 4.18 Å². The maximum atomic E-state index is 13.4. The van der Waals surface area contributed by atoms with Gasteiger partial charge in [0.2, 0.25) is 0 Å². The third-order valence-corrected chi connectivity index (χ3v) is 10.5. The van der Waals surface area contributed by atoms with Crippen LogP contribution in [0.1, 0.15) is 29.2 Å². The molecule has 6 rings (SSSR count). The molecule has 1 unspecified atom stereocenters. The summed E-state index contributed by atoms with van der Waals surface area (Å²) in [5.74, 6) is -0.481. The number of methoxy groups -OCH3 is 1. The van der Waals surface area contributed by atoms with Crippen LogP contribution in [0.4, 0.5) is 0 Å². The summed E-state index contributed by atoms with van der Waals surface area (Å²) in [5, 5.41) is 22.1. The van der Waals surface area contributed by atoms with E-state index in [-0.39, 0.29) is 26.4 Å². The molecule has 0 aromatic heterocycles. The van der Waals surface area contributed by atoms with Gasteiger partial charge >= 0.3 is 0 Å². The van der Waals surface area contributed by atoms with Gasteiger partial charge in [-0.25, -0.2) is 0 Å². The summed E-state index contributed by atoms with van der Waals surface area (Å²) in [6, 6.07) is 37.3. The van der Waals surface area contributed by atoms with Gasteiger partial charge < -0.3 is 43.4 Å². The zero-order valence-electron chi connectivity index (χ0n) is 30.2. The molecule has 2 N–H and O–H groups in total. The molecule has 4 aromatic rings. The zero-order valence-corrected chi connectivity index (χ0v) is 31.1. The van der Waals surface area contributed by atoms with Crippen molar-refractivity contribution in [3.8, 4) is 0 Å². The number of rotatable bonds is 17. The lowest BCUT2D eigenvalue weighted by atomic mass is 9.96. The van der Waals surface area contributed by atoms with Crippen molar-refractivity contribution in [1.82, 2.24) is 0 Å². The Kier molecular flexibility index (Phi) is 14.4. The first-order valence-corrected chi connectivity index (χ1v) is 19.5. The average molecular weight is 765 g/mol. The summed E-state index contributed by atoms with van der Waals surface area (Å²) in [5.41, 5.74) is 3.20. The lowest BCUT2D eigenvalue weighted by Crippen LogP contribution is -2.65. The van der Waals surface area contributed by atoms with E-state index >= 15 is 0 Å². The summed E-state index contributed by atoms with van der Waals surface area (Å²) in [6.07, 6.45) is -11.9. The lowest BCUT2D eigenvalue weighted by molar-refractivity contribution is -0.362. The number of hydrogen-bond donors (Lipinski definition) is 2. The summed E-state index contributed by atoms with van der Waals surface area (Å²) in [6.45, 7) is 2.15. The minimum Gasteiger partial charge on any atom is -0.388 e. The van der Waals surface area contributed by atoms with E-state index in [1.165, 1.54) is 7.11 Å². The summed E-state index contributed by atoms with van der Waals surface area (Å²) >= 11 is 0. The summed E-state index contributed by atoms with van der Waals surface area (Å²) < 4.78 is 76.9. The number of aliphatic hydroxyl groups excluding tert-OH is 2. The molecule has 54 heavy (non-hydrogen) atoms. The van der Waals surface area contributed by atoms with Crippen LogP contribution in [0.5, 0.6) is 0 Å². The van der Waals surface area contributed by atoms with Gasteiger partial charge in [-0.1, -0.05) is 121 Å². The SMILES string of the molecule is CO[C@H]1O[C@H](COCc2ccccc2)[C@@H](OC2O[C@@H](C)[C@H](O)[C@@H](O)[C@H]2OS(=O)(=O)Cc2ccccc2)[C@H](OCc2ccccc2)[C@H]1OCc1ccccc1. The van der Waals surface area contributed by atoms with Crippen LogP contribution in [-0.4, -0.2) is 93.8 Å². The zero-order chi connectivity index (χ0) is 37.9. The molecule has 2 fully saturated rings. The Bertz CT molecular complexity index is 1780. The predicted molar refractivity (Wildman–Crippen MR) is 197 cm³/mol. The van der Waals surface area contributed by atoms with E-state index < -0.39 is 77.3 Å². The molecule has 0 bridgehead atoms. The molecule has 2 heterocycles. The second-order valence-electron chi connectivity index (χ2n) is 13.3. The van der Waals surface area contributed by atoms with Gasteiger partial charge in [-0.2, -0.15) is 8.42 Å². The highest BCUT2D eigenvalue weighted by atomic mass is 32.2. The predicted octanol–water partition coefficient (Wildman–Crippen LogP) is 4.51. The van der Waals surface area contributed by atoms with Crippen molar-refractivity contribution in [3.05, 3.63) is 144 Å². The maximum absolute atomic E-state index is 13.4. The highest BCUT2D eigenvalue weighted by Gasteiger charge is 2.53. The molecule has 0 spiro atoms. The van der Waals surface area contributed by atoms with Crippen molar-refractivity contribution in [2.75, 3.05) is 13.7 Å². The van der Waals surface area contributed by atoms with Crippen LogP contribution in [-0.2, 0) is 73.0 Å². The lowest BCUT2D eigenvalue weighted by Gasteiger charge is -2.48. The standard InChI is InChI=1S/C41H48O12S/c1-28-34(42)35(43)37(53-54(44,45)27-32-21-13-6-14-22-32)41(50-28)52-36-33(26-47-23-29-15-7-3-8-16-29)51-40(46-2)39(49-25-31-19-11-5-12-20-31)38(36)48-24-30-17-9-4-10-18-30/h3-22,28,33-43H,23-27H2,1-2H3/t28-,33+,34-,35+,36+,37+,38-,39+,40-,41?/m0/s1. The molecule has 0 amide bonds. The normalized spacial score (nSPS) is 28.8. The highest BCUT2D eigenvalue weighted by molar-refractivity contribution is 7.85. The van der Waals surface area contributed by atoms with Crippen molar-refractivity contribution in [3.63, 3.8) is 0 Å². The molecule has 0 aliphatic carbocycles. The minimum absolute atomic E-state index is 0.00129. The van der Waals surface area contributed by atoms with Crippen LogP contribution in [0.25, 0.3) is 0 Å². The Balaban J connectivity index is 1.33. The molecule has 0 radical (unpaired) electrons. The van der Waals surface area contributed by atoms with E-state index in [1.807, 2.05) is 91.0 Å². The largest absolute Gasteiger partial charge is 0.388 e. The van der Waals surface area contributed by atoms with Gasteiger partial charge in [0.25, 0.3) is 10.1 Å². The fourth-order valence-corrected chi connectivity index (χ4v) is 7.70. The molecule has 290 valence electrons. The first kappa shape index (κ1) is 40.1. The minimum atomic E-state index is -4.33. The van der Waals surface area contributed by atoms with Crippen molar-refractivity contribution in [2.24, 2.45) is 0 Å². The van der Waals surface area contributed by atoms with Gasteiger partial charge in [0.15, 0.2) is 18.7 Å². The van der Waals surface area contributed by atoms with E-state index in [1.54, 1.807) is 37.3 Å². The smallest absolute Gasteiger partial charge is 0.272 e. The molecule has 2 aliphatic heterocycles. The Morgan fingerprint density at radius 3 is 1.63 bits per heavy atom. The molecule has 2 saturated heterocycles. The second-order valence-corrected chi connectivity index (χ2v) is 14.9. The van der Waals surface area contributed by atoms with Gasteiger partial charge in [0.05, 0.1) is 32.5 Å². The van der Waals surface area contributed by atoms with Crippen LogP contribution in [0.2, 0.25) is 0 Å². The first-order chi connectivity index (χ1) is 26.2. The average Bonchev–Trinajstić information content (AvgIpc) is 3.19. The highest BCUT2D eigenvalue weighted by Crippen LogP contribution is 2.35. The molecule has 10 atom stereocenters. The Hall–Kier alpha value is -3.57. The van der Waals surface area contributed by atoms with E-state index in [0.717, 1.165) is 16.7 Å². The third kappa shape index (κ3) is 10.8. The molecular formula is C41H48O12S. The number of benzene rings is 4. The molecule has 12 nitrogen and oxygen atoms in total. The van der Waals surface area contributed by atoms with Gasteiger partial charge in [0.1, 0.15) is 42.4 Å². The van der Waals surface area contributed by atoms with E-state index in [2.05, 4.69) is 0 Å². The van der Waals surface area contributed by atoms with Crippen molar-refractivity contribution in [1.29, 1.82) is 0 Å². The van der Waals surface area contributed by atoms with Crippen LogP contribution < -0.4 is 0 Å². The number of ether oxygens (including phenoxy) is 7. The third-order valence-electron chi connectivity index (χ3n) is 9.31. The Labute approximate surface area is 316 Å². The quantitative estimate of drug-likeness (QED) is 0.146. The molecule has 2 aliphatic rings. The Morgan fingerprint density at radius 2 is 1.09 bits per heavy atom. The van der Waals surface area contributed by atoms with Crippen molar-refractivity contribution < 1.29 is 56.0 Å². The van der Waals surface area contributed by atoms with Crippen LogP contribution >= 0.6 is 0 Å². The first-order valence-electron chi connectivity index (χ1n) is 17.9. The monoisotopic (exact) mass is 764 g/mol. The van der Waals surface area contributed by atoms with Crippen LogP contribution in [0.3, 0.4) is 0 Å². The molecule has 0 saturated carbocycles. The van der Waals surface area contributed by atoms with Gasteiger partial charge in [0, 0.05) is 7.11 Å². The van der Waals surface area contributed by atoms with E-state index in [9.17, 15) is 18.6 Å². The van der Waals surface area contributed by atoms with Crippen LogP contribution in [0.15, 0.2) is 121 Å².